The number of nitrogens with two attached hydrogens (primary N) is 1. The lowest BCUT2D eigenvalue weighted by Crippen LogP contribution is -2.49. The third-order valence-corrected chi connectivity index (χ3v) is 3.82. The van der Waals surface area contributed by atoms with E-state index >= 15 is 0 Å². The molecule has 0 radical (unpaired) electrons. The van der Waals surface area contributed by atoms with E-state index in [1.54, 1.807) is 0 Å². The molecule has 0 aromatic rings. The van der Waals surface area contributed by atoms with Crippen molar-refractivity contribution in [3.05, 3.63) is 0 Å². The Kier molecular flexibility index (Phi) is 5.26. The fourth-order valence-corrected chi connectivity index (χ4v) is 2.74. The molecule has 1 amide bonds. The molecule has 1 rings (SSSR count). The molecule has 16 heavy (non-hydrogen) atoms. The highest BCUT2D eigenvalue weighted by atomic mass is 16.2. The summed E-state index contributed by atoms with van der Waals surface area (Å²) in [4.78, 5) is 14.5. The van der Waals surface area contributed by atoms with Gasteiger partial charge in [-0.3, -0.25) is 4.79 Å². The topological polar surface area (TPSA) is 46.3 Å². The molecule has 0 bridgehead atoms. The Balaban J connectivity index is 2.73. The molecule has 0 aliphatic heterocycles. The molecule has 0 saturated heterocycles. The molecule has 0 atom stereocenters. The summed E-state index contributed by atoms with van der Waals surface area (Å²) < 4.78 is 0. The van der Waals surface area contributed by atoms with Crippen molar-refractivity contribution in [1.29, 1.82) is 0 Å². The minimum Gasteiger partial charge on any atom is -0.342 e. The van der Waals surface area contributed by atoms with E-state index in [9.17, 15) is 4.79 Å². The number of carbonyl (C=O) groups is 1. The van der Waals surface area contributed by atoms with E-state index in [0.717, 1.165) is 45.2 Å². The van der Waals surface area contributed by atoms with E-state index in [4.69, 9.17) is 5.73 Å². The second-order valence-electron chi connectivity index (χ2n) is 4.93. The molecular weight excluding hydrogens is 200 g/mol. The van der Waals surface area contributed by atoms with Crippen LogP contribution >= 0.6 is 0 Å². The highest BCUT2D eigenvalue weighted by molar-refractivity contribution is 5.83. The van der Waals surface area contributed by atoms with Gasteiger partial charge in [-0.1, -0.05) is 26.2 Å². The molecule has 3 nitrogen and oxygen atoms in total. The van der Waals surface area contributed by atoms with E-state index in [-0.39, 0.29) is 5.41 Å². The predicted molar refractivity (Wildman–Crippen MR) is 67.1 cm³/mol. The van der Waals surface area contributed by atoms with Crippen LogP contribution in [-0.4, -0.2) is 30.4 Å². The quantitative estimate of drug-likeness (QED) is 0.781. The molecule has 94 valence electrons. The van der Waals surface area contributed by atoms with Crippen LogP contribution < -0.4 is 5.73 Å². The van der Waals surface area contributed by atoms with Crippen molar-refractivity contribution in [2.24, 2.45) is 11.1 Å². The van der Waals surface area contributed by atoms with Gasteiger partial charge >= 0.3 is 0 Å². The van der Waals surface area contributed by atoms with Crippen LogP contribution in [0.3, 0.4) is 0 Å². The first-order valence-electron chi connectivity index (χ1n) is 6.69. The molecule has 0 aromatic carbocycles. The van der Waals surface area contributed by atoms with Gasteiger partial charge in [0, 0.05) is 19.6 Å². The van der Waals surface area contributed by atoms with Gasteiger partial charge in [0.1, 0.15) is 0 Å². The normalized spacial score (nSPS) is 19.4. The third kappa shape index (κ3) is 2.76. The van der Waals surface area contributed by atoms with Gasteiger partial charge in [-0.05, 0) is 26.2 Å². The zero-order chi connectivity index (χ0) is 12.0. The first-order chi connectivity index (χ1) is 7.70. The average molecular weight is 226 g/mol. The summed E-state index contributed by atoms with van der Waals surface area (Å²) in [5.41, 5.74) is 5.65. The molecular formula is C13H26N2O. The molecule has 1 fully saturated rings. The van der Waals surface area contributed by atoms with Crippen molar-refractivity contribution in [3.8, 4) is 0 Å². The molecule has 0 aromatic heterocycles. The lowest BCUT2D eigenvalue weighted by Gasteiger charge is -2.38. The van der Waals surface area contributed by atoms with Crippen molar-refractivity contribution in [3.63, 3.8) is 0 Å². The monoisotopic (exact) mass is 226 g/mol. The summed E-state index contributed by atoms with van der Waals surface area (Å²) >= 11 is 0. The summed E-state index contributed by atoms with van der Waals surface area (Å²) in [6.07, 6.45) is 6.58. The van der Waals surface area contributed by atoms with E-state index in [1.807, 2.05) is 4.90 Å². The number of nitrogens with zero attached hydrogens (tertiary/aromatic N) is 1. The third-order valence-electron chi connectivity index (χ3n) is 3.82. The minimum atomic E-state index is -0.233. The van der Waals surface area contributed by atoms with Gasteiger partial charge in [0.05, 0.1) is 5.41 Å². The smallest absolute Gasteiger partial charge is 0.230 e. The van der Waals surface area contributed by atoms with E-state index < -0.39 is 0 Å². The summed E-state index contributed by atoms with van der Waals surface area (Å²) in [6.45, 7) is 6.38. The van der Waals surface area contributed by atoms with E-state index in [0.29, 0.717) is 12.5 Å². The molecule has 1 saturated carbocycles. The Bertz CT molecular complexity index is 222. The van der Waals surface area contributed by atoms with Crippen LogP contribution in [-0.2, 0) is 4.79 Å². The number of carbonyl (C=O) groups excluding carboxylic acids is 1. The van der Waals surface area contributed by atoms with Crippen molar-refractivity contribution in [2.45, 2.75) is 52.4 Å². The minimum absolute atomic E-state index is 0.233. The summed E-state index contributed by atoms with van der Waals surface area (Å²) in [6, 6.07) is 0. The summed E-state index contributed by atoms with van der Waals surface area (Å²) in [7, 11) is 0. The maximum atomic E-state index is 12.5. The Morgan fingerprint density at radius 1 is 1.25 bits per heavy atom. The number of rotatable bonds is 5. The number of amides is 1. The van der Waals surface area contributed by atoms with E-state index in [2.05, 4.69) is 13.8 Å². The van der Waals surface area contributed by atoms with Crippen LogP contribution in [0.1, 0.15) is 52.4 Å². The lowest BCUT2D eigenvalue weighted by molar-refractivity contribution is -0.143. The Morgan fingerprint density at radius 3 is 2.31 bits per heavy atom. The Labute approximate surface area is 99.4 Å². The van der Waals surface area contributed by atoms with Crippen molar-refractivity contribution < 1.29 is 4.79 Å². The second kappa shape index (κ2) is 6.24. The van der Waals surface area contributed by atoms with Crippen molar-refractivity contribution in [2.75, 3.05) is 19.6 Å². The first-order valence-corrected chi connectivity index (χ1v) is 6.69. The fourth-order valence-electron chi connectivity index (χ4n) is 2.74. The van der Waals surface area contributed by atoms with Gasteiger partial charge in [-0.2, -0.15) is 0 Å². The summed E-state index contributed by atoms with van der Waals surface area (Å²) in [5, 5.41) is 0. The maximum Gasteiger partial charge on any atom is 0.230 e. The molecule has 0 spiro atoms. The molecule has 0 heterocycles. The highest BCUT2D eigenvalue weighted by Crippen LogP contribution is 2.37. The maximum absolute atomic E-state index is 12.5. The van der Waals surface area contributed by atoms with Crippen LogP contribution in [0.15, 0.2) is 0 Å². The van der Waals surface area contributed by atoms with Crippen molar-refractivity contribution >= 4 is 5.91 Å². The Morgan fingerprint density at radius 2 is 1.88 bits per heavy atom. The molecule has 0 unspecified atom stereocenters. The zero-order valence-electron chi connectivity index (χ0n) is 10.8. The number of hydrogen-bond donors (Lipinski definition) is 1. The lowest BCUT2D eigenvalue weighted by atomic mass is 9.73. The molecule has 1 aliphatic carbocycles. The average Bonchev–Trinajstić information content (AvgIpc) is 2.36. The zero-order valence-corrected chi connectivity index (χ0v) is 10.8. The van der Waals surface area contributed by atoms with Gasteiger partial charge in [-0.15, -0.1) is 0 Å². The SMILES string of the molecule is CCCN(CC)C(=O)C1(CN)CCCCC1. The molecule has 3 heteroatoms. The van der Waals surface area contributed by atoms with Crippen LogP contribution in [0, 0.1) is 5.41 Å². The fraction of sp³-hybridized carbons (Fsp3) is 0.923. The first kappa shape index (κ1) is 13.5. The largest absolute Gasteiger partial charge is 0.342 e. The Hall–Kier alpha value is -0.570. The van der Waals surface area contributed by atoms with Gasteiger partial charge in [0.25, 0.3) is 0 Å². The second-order valence-corrected chi connectivity index (χ2v) is 4.93. The van der Waals surface area contributed by atoms with Gasteiger partial charge in [0.2, 0.25) is 5.91 Å². The van der Waals surface area contributed by atoms with Gasteiger partial charge < -0.3 is 10.6 Å². The van der Waals surface area contributed by atoms with Crippen LogP contribution in [0.2, 0.25) is 0 Å². The van der Waals surface area contributed by atoms with Crippen LogP contribution in [0.4, 0.5) is 0 Å². The highest BCUT2D eigenvalue weighted by Gasteiger charge is 2.40. The standard InChI is InChI=1S/C13H26N2O/c1-3-10-15(4-2)12(16)13(11-14)8-6-5-7-9-13/h3-11,14H2,1-2H3. The van der Waals surface area contributed by atoms with Crippen molar-refractivity contribution in [1.82, 2.24) is 4.90 Å². The van der Waals surface area contributed by atoms with E-state index in [1.165, 1.54) is 6.42 Å². The predicted octanol–water partition coefficient (Wildman–Crippen LogP) is 2.15. The number of hydrogen-bond acceptors (Lipinski definition) is 2. The van der Waals surface area contributed by atoms with Crippen LogP contribution in [0.5, 0.6) is 0 Å². The molecule has 2 N–H and O–H groups in total. The van der Waals surface area contributed by atoms with Gasteiger partial charge in [-0.25, -0.2) is 0 Å². The molecule has 1 aliphatic rings. The van der Waals surface area contributed by atoms with Gasteiger partial charge in [0.15, 0.2) is 0 Å². The summed E-state index contributed by atoms with van der Waals surface area (Å²) in [5.74, 6) is 0.305. The van der Waals surface area contributed by atoms with Crippen LogP contribution in [0.25, 0.3) is 0 Å².